The highest BCUT2D eigenvalue weighted by molar-refractivity contribution is 5.95. The maximum atomic E-state index is 13.1. The van der Waals surface area contributed by atoms with E-state index < -0.39 is 78.6 Å². The van der Waals surface area contributed by atoms with Crippen LogP contribution in [-0.2, 0) is 35.2 Å². The van der Waals surface area contributed by atoms with Crippen LogP contribution < -0.4 is 21.7 Å². The van der Waals surface area contributed by atoms with Crippen molar-refractivity contribution in [3.05, 3.63) is 29.8 Å². The molecule has 210 valence electrons. The van der Waals surface area contributed by atoms with E-state index in [2.05, 4.69) is 16.0 Å². The number of phenols is 1. The molecule has 3 amide bonds. The highest BCUT2D eigenvalue weighted by atomic mass is 16.4. The summed E-state index contributed by atoms with van der Waals surface area (Å²) in [5.41, 5.74) is 6.05. The molecule has 14 nitrogen and oxygen atoms in total. The number of aliphatic carboxylic acids is 3. The fourth-order valence-electron chi connectivity index (χ4n) is 3.38. The summed E-state index contributed by atoms with van der Waals surface area (Å²) in [6.45, 7) is 3.35. The van der Waals surface area contributed by atoms with Crippen molar-refractivity contribution in [2.75, 3.05) is 0 Å². The zero-order chi connectivity index (χ0) is 29.0. The first-order chi connectivity index (χ1) is 17.7. The molecule has 0 aliphatic carbocycles. The van der Waals surface area contributed by atoms with Gasteiger partial charge in [-0.2, -0.15) is 0 Å². The quantitative estimate of drug-likeness (QED) is 0.129. The van der Waals surface area contributed by atoms with Gasteiger partial charge in [-0.1, -0.05) is 32.4 Å². The maximum absolute atomic E-state index is 13.1. The summed E-state index contributed by atoms with van der Waals surface area (Å²) in [6, 6.07) is 0.0567. The van der Waals surface area contributed by atoms with Crippen molar-refractivity contribution in [2.24, 2.45) is 11.7 Å². The van der Waals surface area contributed by atoms with Crippen molar-refractivity contribution < 1.29 is 49.2 Å². The van der Waals surface area contributed by atoms with Crippen LogP contribution >= 0.6 is 0 Å². The number of carboxylic acids is 3. The second-order valence-electron chi connectivity index (χ2n) is 8.84. The first-order valence-electron chi connectivity index (χ1n) is 11.9. The lowest BCUT2D eigenvalue weighted by molar-refractivity contribution is -0.143. The third-order valence-electron chi connectivity index (χ3n) is 5.80. The Morgan fingerprint density at radius 2 is 1.42 bits per heavy atom. The van der Waals surface area contributed by atoms with Gasteiger partial charge < -0.3 is 42.1 Å². The molecular formula is C24H34N4O10. The molecule has 0 aliphatic rings. The lowest BCUT2D eigenvalue weighted by Crippen LogP contribution is -2.59. The van der Waals surface area contributed by atoms with Crippen LogP contribution in [0.25, 0.3) is 0 Å². The lowest BCUT2D eigenvalue weighted by atomic mass is 9.97. The van der Waals surface area contributed by atoms with E-state index in [1.807, 2.05) is 0 Å². The Balaban J connectivity index is 3.08. The average Bonchev–Trinajstić information content (AvgIpc) is 2.84. The van der Waals surface area contributed by atoms with E-state index in [1.165, 1.54) is 24.3 Å². The van der Waals surface area contributed by atoms with Crippen molar-refractivity contribution in [2.45, 2.75) is 70.1 Å². The molecule has 9 N–H and O–H groups in total. The minimum atomic E-state index is -1.46. The smallest absolute Gasteiger partial charge is 0.326 e. The molecule has 1 aromatic rings. The number of carboxylic acid groups (broad SMARTS) is 3. The number of nitrogens with two attached hydrogens (primary N) is 1. The van der Waals surface area contributed by atoms with Gasteiger partial charge in [0.1, 0.15) is 23.9 Å². The second kappa shape index (κ2) is 15.1. The molecular weight excluding hydrogens is 504 g/mol. The number of rotatable bonds is 16. The summed E-state index contributed by atoms with van der Waals surface area (Å²) in [7, 11) is 0. The van der Waals surface area contributed by atoms with Gasteiger partial charge >= 0.3 is 17.9 Å². The molecule has 5 unspecified atom stereocenters. The number of amides is 3. The van der Waals surface area contributed by atoms with Gasteiger partial charge in [-0.3, -0.25) is 24.0 Å². The zero-order valence-electron chi connectivity index (χ0n) is 21.0. The van der Waals surface area contributed by atoms with Crippen molar-refractivity contribution in [3.8, 4) is 5.75 Å². The highest BCUT2D eigenvalue weighted by Gasteiger charge is 2.33. The van der Waals surface area contributed by atoms with Gasteiger partial charge in [0.15, 0.2) is 0 Å². The van der Waals surface area contributed by atoms with Gasteiger partial charge in [0.2, 0.25) is 17.7 Å². The third-order valence-corrected chi connectivity index (χ3v) is 5.80. The zero-order valence-corrected chi connectivity index (χ0v) is 21.0. The number of aromatic hydroxyl groups is 1. The first kappa shape index (κ1) is 31.8. The number of hydrogen-bond acceptors (Lipinski definition) is 8. The van der Waals surface area contributed by atoms with Crippen molar-refractivity contribution in [1.29, 1.82) is 0 Å². The maximum Gasteiger partial charge on any atom is 0.326 e. The number of carbonyl (C=O) groups is 6. The molecule has 0 bridgehead atoms. The van der Waals surface area contributed by atoms with Crippen LogP contribution in [0.3, 0.4) is 0 Å². The molecule has 0 saturated heterocycles. The third kappa shape index (κ3) is 10.8. The minimum Gasteiger partial charge on any atom is -0.508 e. The predicted molar refractivity (Wildman–Crippen MR) is 132 cm³/mol. The Kier molecular flexibility index (Phi) is 12.7. The van der Waals surface area contributed by atoms with Gasteiger partial charge in [0.25, 0.3) is 0 Å². The number of hydrogen-bond donors (Lipinski definition) is 8. The molecule has 38 heavy (non-hydrogen) atoms. The van der Waals surface area contributed by atoms with Crippen LogP contribution in [-0.4, -0.2) is 80.2 Å². The van der Waals surface area contributed by atoms with E-state index in [4.69, 9.17) is 15.9 Å². The highest BCUT2D eigenvalue weighted by Crippen LogP contribution is 2.13. The molecule has 1 rings (SSSR count). The topological polar surface area (TPSA) is 245 Å². The van der Waals surface area contributed by atoms with Gasteiger partial charge in [0, 0.05) is 12.8 Å². The van der Waals surface area contributed by atoms with E-state index in [0.717, 1.165) is 0 Å². The van der Waals surface area contributed by atoms with Crippen LogP contribution in [0.15, 0.2) is 24.3 Å². The van der Waals surface area contributed by atoms with E-state index in [-0.39, 0.29) is 18.6 Å². The Labute approximate surface area is 218 Å². The number of phenolic OH excluding ortho intramolecular Hbond substituents is 1. The summed E-state index contributed by atoms with van der Waals surface area (Å²) in [6.07, 6.45) is -1.35. The molecule has 0 spiro atoms. The van der Waals surface area contributed by atoms with Gasteiger partial charge in [-0.05, 0) is 30.0 Å². The molecule has 1 aromatic carbocycles. The lowest BCUT2D eigenvalue weighted by Gasteiger charge is -2.27. The summed E-state index contributed by atoms with van der Waals surface area (Å²) < 4.78 is 0. The van der Waals surface area contributed by atoms with Crippen LogP contribution in [0.4, 0.5) is 0 Å². The fraction of sp³-hybridized carbons (Fsp3) is 0.500. The van der Waals surface area contributed by atoms with Gasteiger partial charge in [0.05, 0.1) is 12.5 Å². The largest absolute Gasteiger partial charge is 0.508 e. The van der Waals surface area contributed by atoms with Crippen molar-refractivity contribution >= 4 is 35.6 Å². The molecule has 14 heteroatoms. The van der Waals surface area contributed by atoms with Crippen LogP contribution in [0.1, 0.15) is 45.1 Å². The number of carbonyl (C=O) groups excluding carboxylic acids is 3. The monoisotopic (exact) mass is 538 g/mol. The molecule has 0 radical (unpaired) electrons. The SMILES string of the molecule is CCC(C)C(NC(=O)C(N)CC(=O)O)C(=O)NC(CCC(=O)O)C(=O)NC(Cc1ccc(O)cc1)C(=O)O. The summed E-state index contributed by atoms with van der Waals surface area (Å²) >= 11 is 0. The number of benzene rings is 1. The van der Waals surface area contributed by atoms with Crippen LogP contribution in [0, 0.1) is 5.92 Å². The second-order valence-corrected chi connectivity index (χ2v) is 8.84. The van der Waals surface area contributed by atoms with Crippen LogP contribution in [0.2, 0.25) is 0 Å². The van der Waals surface area contributed by atoms with E-state index in [9.17, 15) is 39.0 Å². The summed E-state index contributed by atoms with van der Waals surface area (Å²) in [4.78, 5) is 72.1. The Morgan fingerprint density at radius 3 is 1.92 bits per heavy atom. The van der Waals surface area contributed by atoms with Crippen molar-refractivity contribution in [1.82, 2.24) is 16.0 Å². The van der Waals surface area contributed by atoms with Gasteiger partial charge in [-0.25, -0.2) is 4.79 Å². The molecule has 0 heterocycles. The van der Waals surface area contributed by atoms with Crippen LogP contribution in [0.5, 0.6) is 5.75 Å². The van der Waals surface area contributed by atoms with Crippen molar-refractivity contribution in [3.63, 3.8) is 0 Å². The van der Waals surface area contributed by atoms with E-state index >= 15 is 0 Å². The Hall–Kier alpha value is -4.20. The molecule has 0 aliphatic heterocycles. The Morgan fingerprint density at radius 1 is 0.842 bits per heavy atom. The molecule has 0 aromatic heterocycles. The minimum absolute atomic E-state index is 0.0343. The normalized spacial score (nSPS) is 14.7. The fourth-order valence-corrected chi connectivity index (χ4v) is 3.38. The average molecular weight is 539 g/mol. The first-order valence-corrected chi connectivity index (χ1v) is 11.9. The number of nitrogens with one attached hydrogen (secondary N) is 3. The standard InChI is InChI=1S/C24H34N4O10/c1-3-12(2)20(28-21(34)15(25)11-19(32)33)23(36)26-16(8-9-18(30)31)22(35)27-17(24(37)38)10-13-4-6-14(29)7-5-13/h4-7,12,15-17,20,29H,3,8-11,25H2,1-2H3,(H,26,36)(H,27,35)(H,28,34)(H,30,31)(H,32,33)(H,37,38). The molecule has 5 atom stereocenters. The van der Waals surface area contributed by atoms with E-state index in [1.54, 1.807) is 13.8 Å². The van der Waals surface area contributed by atoms with E-state index in [0.29, 0.717) is 12.0 Å². The van der Waals surface area contributed by atoms with Gasteiger partial charge in [-0.15, -0.1) is 0 Å². The molecule has 0 saturated carbocycles. The summed E-state index contributed by atoms with van der Waals surface area (Å²) in [5.74, 6) is -7.20. The molecule has 0 fully saturated rings. The predicted octanol–water partition coefficient (Wildman–Crippen LogP) is -0.813. The summed E-state index contributed by atoms with van der Waals surface area (Å²) in [5, 5.41) is 43.9. The Bertz CT molecular complexity index is 1010.